The molecule has 0 radical (unpaired) electrons. The molecule has 0 aromatic heterocycles. The van der Waals surface area contributed by atoms with E-state index in [1.165, 1.54) is 16.7 Å². The van der Waals surface area contributed by atoms with Crippen molar-refractivity contribution in [3.8, 4) is 0 Å². The highest BCUT2D eigenvalue weighted by Crippen LogP contribution is 2.24. The van der Waals surface area contributed by atoms with E-state index in [0.29, 0.717) is 11.8 Å². The number of aryl methyl sites for hydroxylation is 2. The lowest BCUT2D eigenvalue weighted by Crippen LogP contribution is -2.49. The van der Waals surface area contributed by atoms with Crippen LogP contribution in [-0.2, 0) is 11.3 Å². The maximum Gasteiger partial charge on any atom is 0.222 e. The SMILES string of the molecule is CCN1CCN(C(=O)CC2CCN(Cc3c(C)cccc3C)CC2)CC1. The zero-order valence-electron chi connectivity index (χ0n) is 16.8. The van der Waals surface area contributed by atoms with Gasteiger partial charge in [-0.05, 0) is 68.9 Å². The van der Waals surface area contributed by atoms with Gasteiger partial charge in [0, 0.05) is 39.1 Å². The lowest BCUT2D eigenvalue weighted by molar-refractivity contribution is -0.134. The van der Waals surface area contributed by atoms with Gasteiger partial charge in [0.25, 0.3) is 0 Å². The molecule has 0 spiro atoms. The summed E-state index contributed by atoms with van der Waals surface area (Å²) in [5.41, 5.74) is 4.28. The van der Waals surface area contributed by atoms with Crippen LogP contribution in [0.4, 0.5) is 0 Å². The van der Waals surface area contributed by atoms with Crippen LogP contribution in [0.2, 0.25) is 0 Å². The van der Waals surface area contributed by atoms with Gasteiger partial charge in [0.1, 0.15) is 0 Å². The molecule has 0 N–H and O–H groups in total. The van der Waals surface area contributed by atoms with E-state index in [1.807, 2.05) is 0 Å². The summed E-state index contributed by atoms with van der Waals surface area (Å²) in [6.07, 6.45) is 3.07. The van der Waals surface area contributed by atoms with E-state index >= 15 is 0 Å². The fourth-order valence-corrected chi connectivity index (χ4v) is 4.36. The van der Waals surface area contributed by atoms with E-state index in [4.69, 9.17) is 0 Å². The van der Waals surface area contributed by atoms with E-state index in [9.17, 15) is 4.79 Å². The van der Waals surface area contributed by atoms with Crippen LogP contribution < -0.4 is 0 Å². The molecule has 26 heavy (non-hydrogen) atoms. The summed E-state index contributed by atoms with van der Waals surface area (Å²) in [5, 5.41) is 0. The molecule has 2 heterocycles. The molecule has 4 nitrogen and oxygen atoms in total. The second kappa shape index (κ2) is 9.01. The highest BCUT2D eigenvalue weighted by molar-refractivity contribution is 5.76. The number of carbonyl (C=O) groups is 1. The predicted molar refractivity (Wildman–Crippen MR) is 107 cm³/mol. The third-order valence-electron chi connectivity index (χ3n) is 6.37. The van der Waals surface area contributed by atoms with E-state index in [1.54, 1.807) is 0 Å². The number of likely N-dealkylation sites (tertiary alicyclic amines) is 1. The predicted octanol–water partition coefficient (Wildman–Crippen LogP) is 3.07. The lowest BCUT2D eigenvalue weighted by Gasteiger charge is -2.36. The number of piperidine rings is 1. The van der Waals surface area contributed by atoms with Crippen molar-refractivity contribution in [3.63, 3.8) is 0 Å². The van der Waals surface area contributed by atoms with Crippen LogP contribution in [0, 0.1) is 19.8 Å². The monoisotopic (exact) mass is 357 g/mol. The van der Waals surface area contributed by atoms with E-state index in [-0.39, 0.29) is 0 Å². The van der Waals surface area contributed by atoms with Crippen molar-refractivity contribution in [2.45, 2.75) is 46.6 Å². The molecule has 2 fully saturated rings. The number of nitrogens with zero attached hydrogens (tertiary/aromatic N) is 3. The maximum absolute atomic E-state index is 12.6. The fourth-order valence-electron chi connectivity index (χ4n) is 4.36. The molecule has 1 aromatic rings. The van der Waals surface area contributed by atoms with Crippen molar-refractivity contribution in [2.24, 2.45) is 5.92 Å². The highest BCUT2D eigenvalue weighted by Gasteiger charge is 2.26. The highest BCUT2D eigenvalue weighted by atomic mass is 16.2. The first kappa shape index (κ1) is 19.4. The van der Waals surface area contributed by atoms with Gasteiger partial charge in [-0.2, -0.15) is 0 Å². The van der Waals surface area contributed by atoms with Crippen LogP contribution >= 0.6 is 0 Å². The Balaban J connectivity index is 1.43. The number of hydrogen-bond acceptors (Lipinski definition) is 3. The van der Waals surface area contributed by atoms with E-state index in [2.05, 4.69) is 53.7 Å². The number of carbonyl (C=O) groups excluding carboxylic acids is 1. The summed E-state index contributed by atoms with van der Waals surface area (Å²) in [5.74, 6) is 0.954. The van der Waals surface area contributed by atoms with Gasteiger partial charge in [-0.25, -0.2) is 0 Å². The number of piperazine rings is 1. The third-order valence-corrected chi connectivity index (χ3v) is 6.37. The molecule has 144 valence electrons. The van der Waals surface area contributed by atoms with Crippen LogP contribution in [0.5, 0.6) is 0 Å². The van der Waals surface area contributed by atoms with Crippen molar-refractivity contribution in [1.29, 1.82) is 0 Å². The Morgan fingerprint density at radius 3 is 2.15 bits per heavy atom. The largest absolute Gasteiger partial charge is 0.340 e. The lowest BCUT2D eigenvalue weighted by atomic mass is 9.92. The van der Waals surface area contributed by atoms with Crippen LogP contribution in [0.1, 0.15) is 42.9 Å². The van der Waals surface area contributed by atoms with Gasteiger partial charge >= 0.3 is 0 Å². The zero-order chi connectivity index (χ0) is 18.5. The topological polar surface area (TPSA) is 26.8 Å². The molecule has 0 aliphatic carbocycles. The second-order valence-corrected chi connectivity index (χ2v) is 8.11. The van der Waals surface area contributed by atoms with Crippen molar-refractivity contribution in [3.05, 3.63) is 34.9 Å². The summed E-state index contributed by atoms with van der Waals surface area (Å²) >= 11 is 0. The van der Waals surface area contributed by atoms with Gasteiger partial charge in [0.05, 0.1) is 0 Å². The Kier molecular flexibility index (Phi) is 6.71. The van der Waals surface area contributed by atoms with Crippen LogP contribution in [0.3, 0.4) is 0 Å². The maximum atomic E-state index is 12.6. The van der Waals surface area contributed by atoms with Crippen molar-refractivity contribution >= 4 is 5.91 Å². The Bertz CT molecular complexity index is 579. The molecular formula is C22H35N3O. The minimum absolute atomic E-state index is 0.383. The first-order chi connectivity index (χ1) is 12.6. The van der Waals surface area contributed by atoms with Crippen molar-refractivity contribution < 1.29 is 4.79 Å². The number of amides is 1. The van der Waals surface area contributed by atoms with Gasteiger partial charge in [0.2, 0.25) is 5.91 Å². The fraction of sp³-hybridized carbons (Fsp3) is 0.682. The first-order valence-corrected chi connectivity index (χ1v) is 10.3. The normalized spacial score (nSPS) is 20.5. The Hall–Kier alpha value is -1.39. The summed E-state index contributed by atoms with van der Waals surface area (Å²) in [6.45, 7) is 14.9. The smallest absolute Gasteiger partial charge is 0.222 e. The second-order valence-electron chi connectivity index (χ2n) is 8.11. The van der Waals surface area contributed by atoms with E-state index in [0.717, 1.165) is 71.6 Å². The van der Waals surface area contributed by atoms with Crippen LogP contribution in [0.25, 0.3) is 0 Å². The van der Waals surface area contributed by atoms with Gasteiger partial charge in [-0.15, -0.1) is 0 Å². The molecule has 0 saturated carbocycles. The molecule has 1 amide bonds. The molecule has 2 aliphatic heterocycles. The molecule has 2 aliphatic rings. The molecule has 0 bridgehead atoms. The summed E-state index contributed by atoms with van der Waals surface area (Å²) < 4.78 is 0. The minimum Gasteiger partial charge on any atom is -0.340 e. The zero-order valence-corrected chi connectivity index (χ0v) is 16.8. The first-order valence-electron chi connectivity index (χ1n) is 10.3. The Morgan fingerprint density at radius 1 is 0.962 bits per heavy atom. The van der Waals surface area contributed by atoms with Crippen molar-refractivity contribution in [2.75, 3.05) is 45.8 Å². The standard InChI is InChI=1S/C22H35N3O/c1-4-23-12-14-25(15-13-23)22(26)16-20-8-10-24(11-9-20)17-21-18(2)6-5-7-19(21)3/h5-7,20H,4,8-17H2,1-3H3. The van der Waals surface area contributed by atoms with Gasteiger partial charge in [-0.3, -0.25) is 9.69 Å². The summed E-state index contributed by atoms with van der Waals surface area (Å²) in [6, 6.07) is 6.57. The van der Waals surface area contributed by atoms with E-state index < -0.39 is 0 Å². The summed E-state index contributed by atoms with van der Waals surface area (Å²) in [7, 11) is 0. The van der Waals surface area contributed by atoms with Gasteiger partial charge in [0.15, 0.2) is 0 Å². The third kappa shape index (κ3) is 4.86. The molecule has 4 heteroatoms. The molecule has 0 unspecified atom stereocenters. The number of likely N-dealkylation sites (N-methyl/N-ethyl adjacent to an activating group) is 1. The number of benzene rings is 1. The van der Waals surface area contributed by atoms with Gasteiger partial charge in [-0.1, -0.05) is 25.1 Å². The van der Waals surface area contributed by atoms with Gasteiger partial charge < -0.3 is 9.80 Å². The van der Waals surface area contributed by atoms with Crippen LogP contribution in [0.15, 0.2) is 18.2 Å². The number of hydrogen-bond donors (Lipinski definition) is 0. The Labute approximate surface area is 159 Å². The molecule has 3 rings (SSSR count). The molecule has 0 atom stereocenters. The number of rotatable bonds is 5. The summed E-state index contributed by atoms with van der Waals surface area (Å²) in [4.78, 5) is 19.7. The van der Waals surface area contributed by atoms with Crippen LogP contribution in [-0.4, -0.2) is 66.4 Å². The average molecular weight is 358 g/mol. The molecule has 2 saturated heterocycles. The molecule has 1 aromatic carbocycles. The quantitative estimate of drug-likeness (QED) is 0.810. The van der Waals surface area contributed by atoms with Crippen molar-refractivity contribution in [1.82, 2.24) is 14.7 Å². The Morgan fingerprint density at radius 2 is 1.58 bits per heavy atom. The molecular weight excluding hydrogens is 322 g/mol. The minimum atomic E-state index is 0.383. The average Bonchev–Trinajstić information content (AvgIpc) is 2.66.